The van der Waals surface area contributed by atoms with Crippen molar-refractivity contribution >= 4 is 0 Å². The smallest absolute Gasteiger partial charge is 0.0221 e. The van der Waals surface area contributed by atoms with Gasteiger partial charge in [0.1, 0.15) is 0 Å². The highest BCUT2D eigenvalue weighted by atomic mass is 15.3. The predicted molar refractivity (Wildman–Crippen MR) is 69.6 cm³/mol. The van der Waals surface area contributed by atoms with Crippen molar-refractivity contribution < 1.29 is 0 Å². The van der Waals surface area contributed by atoms with Crippen molar-refractivity contribution in [3.63, 3.8) is 0 Å². The van der Waals surface area contributed by atoms with Crippen molar-refractivity contribution in [2.45, 2.75) is 65.1 Å². The summed E-state index contributed by atoms with van der Waals surface area (Å²) in [6.45, 7) is 11.9. The van der Waals surface area contributed by atoms with E-state index in [1.807, 2.05) is 0 Å². The van der Waals surface area contributed by atoms with Crippen molar-refractivity contribution in [2.75, 3.05) is 13.1 Å². The molecule has 1 aliphatic heterocycles. The van der Waals surface area contributed by atoms with Crippen LogP contribution in [0.4, 0.5) is 0 Å². The van der Waals surface area contributed by atoms with E-state index in [0.717, 1.165) is 30.0 Å². The molecule has 1 saturated heterocycles. The van der Waals surface area contributed by atoms with Gasteiger partial charge in [0.2, 0.25) is 0 Å². The average molecular weight is 224 g/mol. The van der Waals surface area contributed by atoms with Gasteiger partial charge in [0, 0.05) is 31.2 Å². The Kier molecular flexibility index (Phi) is 3.91. The SMILES string of the molecule is CCC1CNC(CC(C)C)CN1C1CC1C. The lowest BCUT2D eigenvalue weighted by atomic mass is 9.98. The molecule has 1 saturated carbocycles. The van der Waals surface area contributed by atoms with Gasteiger partial charge >= 0.3 is 0 Å². The summed E-state index contributed by atoms with van der Waals surface area (Å²) >= 11 is 0. The van der Waals surface area contributed by atoms with Crippen LogP contribution in [-0.2, 0) is 0 Å². The van der Waals surface area contributed by atoms with Crippen LogP contribution >= 0.6 is 0 Å². The van der Waals surface area contributed by atoms with Crippen LogP contribution in [0.25, 0.3) is 0 Å². The largest absolute Gasteiger partial charge is 0.311 e. The zero-order valence-electron chi connectivity index (χ0n) is 11.4. The predicted octanol–water partition coefficient (Wildman–Crippen LogP) is 2.49. The molecule has 0 amide bonds. The van der Waals surface area contributed by atoms with Crippen molar-refractivity contribution in [3.8, 4) is 0 Å². The number of piperazine rings is 1. The van der Waals surface area contributed by atoms with E-state index in [2.05, 4.69) is 37.9 Å². The fraction of sp³-hybridized carbons (Fsp3) is 1.00. The Morgan fingerprint density at radius 3 is 2.56 bits per heavy atom. The molecule has 1 N–H and O–H groups in total. The summed E-state index contributed by atoms with van der Waals surface area (Å²) in [5.74, 6) is 1.76. The Labute approximate surface area is 101 Å². The molecule has 0 bridgehead atoms. The quantitative estimate of drug-likeness (QED) is 0.789. The van der Waals surface area contributed by atoms with E-state index in [9.17, 15) is 0 Å². The molecule has 16 heavy (non-hydrogen) atoms. The molecule has 0 aromatic rings. The van der Waals surface area contributed by atoms with Gasteiger partial charge in [-0.1, -0.05) is 27.7 Å². The molecule has 0 aromatic carbocycles. The maximum atomic E-state index is 3.74. The van der Waals surface area contributed by atoms with E-state index in [-0.39, 0.29) is 0 Å². The molecule has 2 rings (SSSR count). The summed E-state index contributed by atoms with van der Waals surface area (Å²) in [5.41, 5.74) is 0. The van der Waals surface area contributed by atoms with E-state index >= 15 is 0 Å². The molecular formula is C14H28N2. The van der Waals surface area contributed by atoms with Gasteiger partial charge in [0.05, 0.1) is 0 Å². The minimum atomic E-state index is 0.732. The third-order valence-electron chi connectivity index (χ3n) is 4.26. The molecule has 4 atom stereocenters. The van der Waals surface area contributed by atoms with Gasteiger partial charge in [0.25, 0.3) is 0 Å². The summed E-state index contributed by atoms with van der Waals surface area (Å²) in [5, 5.41) is 3.74. The maximum Gasteiger partial charge on any atom is 0.0221 e. The monoisotopic (exact) mass is 224 g/mol. The summed E-state index contributed by atoms with van der Waals surface area (Å²) in [6, 6.07) is 2.43. The Hall–Kier alpha value is -0.0800. The topological polar surface area (TPSA) is 15.3 Å². The minimum absolute atomic E-state index is 0.732. The first-order valence-electron chi connectivity index (χ1n) is 7.11. The van der Waals surface area contributed by atoms with E-state index < -0.39 is 0 Å². The van der Waals surface area contributed by atoms with E-state index in [1.54, 1.807) is 0 Å². The van der Waals surface area contributed by atoms with Crippen LogP contribution in [0.15, 0.2) is 0 Å². The number of hydrogen-bond acceptors (Lipinski definition) is 2. The average Bonchev–Trinajstić information content (AvgIpc) is 2.94. The summed E-state index contributed by atoms with van der Waals surface area (Å²) in [6.07, 6.45) is 4.06. The van der Waals surface area contributed by atoms with E-state index in [0.29, 0.717) is 0 Å². The first-order chi connectivity index (χ1) is 7.61. The molecule has 2 heteroatoms. The second kappa shape index (κ2) is 5.05. The van der Waals surface area contributed by atoms with Gasteiger partial charge in [0.15, 0.2) is 0 Å². The number of nitrogens with zero attached hydrogens (tertiary/aromatic N) is 1. The second-order valence-corrected chi connectivity index (χ2v) is 6.27. The van der Waals surface area contributed by atoms with Gasteiger partial charge in [-0.05, 0) is 31.1 Å². The highest BCUT2D eigenvalue weighted by Gasteiger charge is 2.42. The maximum absolute atomic E-state index is 3.74. The van der Waals surface area contributed by atoms with Gasteiger partial charge in [-0.2, -0.15) is 0 Å². The third-order valence-corrected chi connectivity index (χ3v) is 4.26. The van der Waals surface area contributed by atoms with Crippen LogP contribution in [0.3, 0.4) is 0 Å². The van der Waals surface area contributed by atoms with Crippen LogP contribution in [0, 0.1) is 11.8 Å². The number of nitrogens with one attached hydrogen (secondary N) is 1. The summed E-state index contributed by atoms with van der Waals surface area (Å²) in [4.78, 5) is 2.80. The van der Waals surface area contributed by atoms with Crippen molar-refractivity contribution in [2.24, 2.45) is 11.8 Å². The lowest BCUT2D eigenvalue weighted by Gasteiger charge is -2.41. The Balaban J connectivity index is 1.90. The van der Waals surface area contributed by atoms with Crippen molar-refractivity contribution in [1.82, 2.24) is 10.2 Å². The Bertz CT molecular complexity index is 227. The molecule has 4 unspecified atom stereocenters. The first-order valence-corrected chi connectivity index (χ1v) is 7.11. The zero-order chi connectivity index (χ0) is 11.7. The first kappa shape index (κ1) is 12.4. The summed E-state index contributed by atoms with van der Waals surface area (Å²) in [7, 11) is 0. The van der Waals surface area contributed by atoms with Crippen molar-refractivity contribution in [1.29, 1.82) is 0 Å². The zero-order valence-corrected chi connectivity index (χ0v) is 11.4. The van der Waals surface area contributed by atoms with Crippen LogP contribution in [0.5, 0.6) is 0 Å². The van der Waals surface area contributed by atoms with Crippen LogP contribution < -0.4 is 5.32 Å². The molecular weight excluding hydrogens is 196 g/mol. The lowest BCUT2D eigenvalue weighted by molar-refractivity contribution is 0.106. The van der Waals surface area contributed by atoms with E-state index in [4.69, 9.17) is 0 Å². The second-order valence-electron chi connectivity index (χ2n) is 6.27. The normalized spacial score (nSPS) is 40.3. The molecule has 2 aliphatic rings. The molecule has 2 fully saturated rings. The molecule has 0 radical (unpaired) electrons. The van der Waals surface area contributed by atoms with Gasteiger partial charge < -0.3 is 5.32 Å². The fourth-order valence-electron chi connectivity index (χ4n) is 3.16. The lowest BCUT2D eigenvalue weighted by Crippen LogP contribution is -2.57. The van der Waals surface area contributed by atoms with Crippen molar-refractivity contribution in [3.05, 3.63) is 0 Å². The molecule has 1 heterocycles. The van der Waals surface area contributed by atoms with Crippen LogP contribution in [0.1, 0.15) is 47.0 Å². The minimum Gasteiger partial charge on any atom is -0.311 e. The highest BCUT2D eigenvalue weighted by Crippen LogP contribution is 2.37. The van der Waals surface area contributed by atoms with Crippen LogP contribution in [-0.4, -0.2) is 36.1 Å². The highest BCUT2D eigenvalue weighted by molar-refractivity contribution is 4.98. The Morgan fingerprint density at radius 1 is 1.38 bits per heavy atom. The molecule has 0 aromatic heterocycles. The summed E-state index contributed by atoms with van der Waals surface area (Å²) < 4.78 is 0. The Morgan fingerprint density at radius 2 is 2.06 bits per heavy atom. The number of rotatable bonds is 4. The third kappa shape index (κ3) is 2.78. The van der Waals surface area contributed by atoms with E-state index in [1.165, 1.54) is 32.4 Å². The molecule has 0 spiro atoms. The van der Waals surface area contributed by atoms with Gasteiger partial charge in [-0.3, -0.25) is 4.90 Å². The van der Waals surface area contributed by atoms with Gasteiger partial charge in [-0.25, -0.2) is 0 Å². The molecule has 1 aliphatic carbocycles. The molecule has 94 valence electrons. The van der Waals surface area contributed by atoms with Gasteiger partial charge in [-0.15, -0.1) is 0 Å². The standard InChI is InChI=1S/C14H28N2/c1-5-13-8-15-12(6-10(2)3)9-16(13)14-7-11(14)4/h10-15H,5-9H2,1-4H3. The fourth-order valence-corrected chi connectivity index (χ4v) is 3.16. The van der Waals surface area contributed by atoms with Crippen LogP contribution in [0.2, 0.25) is 0 Å². The number of hydrogen-bond donors (Lipinski definition) is 1. The molecule has 2 nitrogen and oxygen atoms in total.